The first-order valence-corrected chi connectivity index (χ1v) is 8.95. The highest BCUT2D eigenvalue weighted by molar-refractivity contribution is 5.85. The first-order chi connectivity index (χ1) is 11.2. The van der Waals surface area contributed by atoms with Crippen LogP contribution in [0.2, 0.25) is 0 Å². The van der Waals surface area contributed by atoms with Crippen LogP contribution in [0.3, 0.4) is 0 Å². The molecule has 2 fully saturated rings. The Bertz CT molecular complexity index is 468. The summed E-state index contributed by atoms with van der Waals surface area (Å²) in [6.07, 6.45) is 2.92. The molecule has 1 aliphatic carbocycles. The number of halogens is 2. The van der Waals surface area contributed by atoms with E-state index in [1.807, 2.05) is 13.8 Å². The number of rotatable bonds is 6. The highest BCUT2D eigenvalue weighted by Crippen LogP contribution is 2.44. The van der Waals surface area contributed by atoms with Crippen molar-refractivity contribution in [1.82, 2.24) is 10.2 Å². The van der Waals surface area contributed by atoms with Gasteiger partial charge in [0, 0.05) is 25.0 Å². The lowest BCUT2D eigenvalue weighted by Crippen LogP contribution is -2.62. The van der Waals surface area contributed by atoms with Crippen LogP contribution in [0.4, 0.5) is 8.78 Å². The Morgan fingerprint density at radius 2 is 1.79 bits per heavy atom. The second kappa shape index (κ2) is 7.33. The number of alkyl halides is 2. The minimum Gasteiger partial charge on any atom is -0.383 e. The molecule has 5 nitrogen and oxygen atoms in total. The van der Waals surface area contributed by atoms with E-state index in [-0.39, 0.29) is 30.7 Å². The Hall–Kier alpha value is -1.24. The average Bonchev–Trinajstić information content (AvgIpc) is 2.54. The maximum atomic E-state index is 14.1. The van der Waals surface area contributed by atoms with E-state index in [0.717, 1.165) is 12.8 Å². The third-order valence-electron chi connectivity index (χ3n) is 5.53. The number of piperidine rings is 1. The van der Waals surface area contributed by atoms with E-state index in [1.54, 1.807) is 4.90 Å². The highest BCUT2D eigenvalue weighted by atomic mass is 19.3. The second-order valence-corrected chi connectivity index (χ2v) is 7.05. The van der Waals surface area contributed by atoms with Gasteiger partial charge in [-0.05, 0) is 44.9 Å². The molecular weight excluding hydrogens is 318 g/mol. The van der Waals surface area contributed by atoms with Gasteiger partial charge in [0.1, 0.15) is 5.60 Å². The Labute approximate surface area is 141 Å². The van der Waals surface area contributed by atoms with Crippen molar-refractivity contribution in [1.29, 1.82) is 0 Å². The van der Waals surface area contributed by atoms with Crippen LogP contribution in [-0.2, 0) is 9.59 Å². The van der Waals surface area contributed by atoms with Crippen LogP contribution < -0.4 is 5.32 Å². The summed E-state index contributed by atoms with van der Waals surface area (Å²) < 4.78 is 28.2. The van der Waals surface area contributed by atoms with Crippen LogP contribution in [0.25, 0.3) is 0 Å². The van der Waals surface area contributed by atoms with Gasteiger partial charge in [-0.25, -0.2) is 0 Å². The fourth-order valence-electron chi connectivity index (χ4n) is 3.45. The Balaban J connectivity index is 1.84. The van der Waals surface area contributed by atoms with Crippen molar-refractivity contribution in [3.8, 4) is 0 Å². The van der Waals surface area contributed by atoms with Crippen LogP contribution in [0.5, 0.6) is 0 Å². The zero-order chi connectivity index (χ0) is 18.0. The Kier molecular flexibility index (Phi) is 5.83. The molecule has 0 bridgehead atoms. The van der Waals surface area contributed by atoms with Gasteiger partial charge in [-0.3, -0.25) is 9.59 Å². The van der Waals surface area contributed by atoms with Crippen LogP contribution in [0, 0.1) is 5.92 Å². The summed E-state index contributed by atoms with van der Waals surface area (Å²) in [6.45, 7) is 4.89. The van der Waals surface area contributed by atoms with Crippen molar-refractivity contribution in [3.63, 3.8) is 0 Å². The first-order valence-electron chi connectivity index (χ1n) is 8.95. The van der Waals surface area contributed by atoms with Crippen LogP contribution in [-0.4, -0.2) is 52.5 Å². The SMILES string of the molecule is CCC(CC)C(=O)N1CCC(NC(=O)C(F)(F)C2(O)CCC2)CC1. The molecule has 7 heteroatoms. The minimum absolute atomic E-state index is 0.00772. The number of likely N-dealkylation sites (tertiary alicyclic amines) is 1. The van der Waals surface area contributed by atoms with E-state index in [9.17, 15) is 23.5 Å². The maximum absolute atomic E-state index is 14.1. The number of hydrogen-bond donors (Lipinski definition) is 2. The molecule has 0 atom stereocenters. The summed E-state index contributed by atoms with van der Waals surface area (Å²) in [4.78, 5) is 26.0. The molecule has 1 saturated heterocycles. The zero-order valence-electron chi connectivity index (χ0n) is 14.5. The molecular formula is C17H28F2N2O3. The molecule has 24 heavy (non-hydrogen) atoms. The minimum atomic E-state index is -3.76. The number of carbonyl (C=O) groups excluding carboxylic acids is 2. The van der Waals surface area contributed by atoms with E-state index >= 15 is 0 Å². The third kappa shape index (κ3) is 3.55. The van der Waals surface area contributed by atoms with Gasteiger partial charge >= 0.3 is 5.92 Å². The van der Waals surface area contributed by atoms with Crippen LogP contribution in [0.15, 0.2) is 0 Å². The summed E-state index contributed by atoms with van der Waals surface area (Å²) >= 11 is 0. The van der Waals surface area contributed by atoms with Gasteiger partial charge < -0.3 is 15.3 Å². The monoisotopic (exact) mass is 346 g/mol. The molecule has 1 aliphatic heterocycles. The molecule has 0 aromatic heterocycles. The number of hydrogen-bond acceptors (Lipinski definition) is 3. The Morgan fingerprint density at radius 1 is 1.25 bits per heavy atom. The summed E-state index contributed by atoms with van der Waals surface area (Å²) in [5, 5.41) is 12.2. The fourth-order valence-corrected chi connectivity index (χ4v) is 3.45. The summed E-state index contributed by atoms with van der Waals surface area (Å²) in [5.41, 5.74) is -2.19. The molecule has 2 amide bonds. The zero-order valence-corrected chi connectivity index (χ0v) is 14.5. The molecule has 0 aromatic carbocycles. The maximum Gasteiger partial charge on any atom is 0.352 e. The van der Waals surface area contributed by atoms with E-state index in [4.69, 9.17) is 0 Å². The van der Waals surface area contributed by atoms with E-state index in [1.165, 1.54) is 0 Å². The lowest BCUT2D eigenvalue weighted by atomic mass is 9.75. The van der Waals surface area contributed by atoms with Gasteiger partial charge in [0.25, 0.3) is 5.91 Å². The van der Waals surface area contributed by atoms with Crippen molar-refractivity contribution >= 4 is 11.8 Å². The van der Waals surface area contributed by atoms with E-state index in [0.29, 0.717) is 32.4 Å². The van der Waals surface area contributed by atoms with Gasteiger partial charge in [-0.2, -0.15) is 8.78 Å². The molecule has 0 unspecified atom stereocenters. The molecule has 0 spiro atoms. The van der Waals surface area contributed by atoms with Gasteiger partial charge in [-0.1, -0.05) is 13.8 Å². The Morgan fingerprint density at radius 3 is 2.21 bits per heavy atom. The van der Waals surface area contributed by atoms with Crippen molar-refractivity contribution in [2.24, 2.45) is 5.92 Å². The van der Waals surface area contributed by atoms with Gasteiger partial charge in [0.15, 0.2) is 0 Å². The fraction of sp³-hybridized carbons (Fsp3) is 0.882. The molecule has 2 rings (SSSR count). The summed E-state index contributed by atoms with van der Waals surface area (Å²) in [5.74, 6) is -5.03. The van der Waals surface area contributed by atoms with Crippen LogP contribution >= 0.6 is 0 Å². The van der Waals surface area contributed by atoms with Gasteiger partial charge in [-0.15, -0.1) is 0 Å². The molecule has 2 aliphatic rings. The predicted octanol–water partition coefficient (Wildman–Crippen LogP) is 2.08. The predicted molar refractivity (Wildman–Crippen MR) is 85.6 cm³/mol. The quantitative estimate of drug-likeness (QED) is 0.774. The number of aliphatic hydroxyl groups is 1. The first kappa shape index (κ1) is 19.1. The van der Waals surface area contributed by atoms with Gasteiger partial charge in [0.05, 0.1) is 0 Å². The van der Waals surface area contributed by atoms with Crippen LogP contribution in [0.1, 0.15) is 58.8 Å². The number of amides is 2. The van der Waals surface area contributed by atoms with Crippen molar-refractivity contribution in [2.75, 3.05) is 13.1 Å². The van der Waals surface area contributed by atoms with Crippen molar-refractivity contribution in [2.45, 2.75) is 76.4 Å². The topological polar surface area (TPSA) is 69.6 Å². The number of nitrogens with one attached hydrogen (secondary N) is 1. The molecule has 138 valence electrons. The lowest BCUT2D eigenvalue weighted by Gasteiger charge is -2.42. The normalized spacial score (nSPS) is 21.5. The lowest BCUT2D eigenvalue weighted by molar-refractivity contribution is -0.216. The molecule has 0 aromatic rings. The number of nitrogens with zero attached hydrogens (tertiary/aromatic N) is 1. The summed E-state index contributed by atoms with van der Waals surface area (Å²) in [7, 11) is 0. The van der Waals surface area contributed by atoms with E-state index < -0.39 is 17.4 Å². The second-order valence-electron chi connectivity index (χ2n) is 7.05. The molecule has 1 saturated carbocycles. The van der Waals surface area contributed by atoms with Gasteiger partial charge in [0.2, 0.25) is 5.91 Å². The molecule has 0 radical (unpaired) electrons. The van der Waals surface area contributed by atoms with Crippen molar-refractivity contribution < 1.29 is 23.5 Å². The number of carbonyl (C=O) groups is 2. The highest BCUT2D eigenvalue weighted by Gasteiger charge is 2.61. The largest absolute Gasteiger partial charge is 0.383 e. The smallest absolute Gasteiger partial charge is 0.352 e. The van der Waals surface area contributed by atoms with Crippen molar-refractivity contribution in [3.05, 3.63) is 0 Å². The third-order valence-corrected chi connectivity index (χ3v) is 5.53. The van der Waals surface area contributed by atoms with E-state index in [2.05, 4.69) is 5.32 Å². The molecule has 2 N–H and O–H groups in total. The average molecular weight is 346 g/mol. The molecule has 1 heterocycles. The standard InChI is InChI=1S/C17H28F2N2O3/c1-3-12(4-2)14(22)21-10-6-13(7-11-21)20-15(23)17(18,19)16(24)8-5-9-16/h12-13,24H,3-11H2,1-2H3,(H,20,23). The summed E-state index contributed by atoms with van der Waals surface area (Å²) in [6, 6.07) is -0.377.